The number of ether oxygens (including phenoxy) is 1. The molecule has 3 nitrogen and oxygen atoms in total. The van der Waals surface area contributed by atoms with E-state index in [1.807, 2.05) is 0 Å². The molecule has 1 saturated heterocycles. The predicted molar refractivity (Wildman–Crippen MR) is 48.1 cm³/mol. The van der Waals surface area contributed by atoms with Gasteiger partial charge in [0.05, 0.1) is 19.0 Å². The Balaban J connectivity index is 2.23. The SMILES string of the molecule is CC1C(N)=N[C@@H](C)CC12COC2. The lowest BCUT2D eigenvalue weighted by Crippen LogP contribution is -2.55. The van der Waals surface area contributed by atoms with E-state index in [-0.39, 0.29) is 0 Å². The van der Waals surface area contributed by atoms with Crippen LogP contribution in [0.15, 0.2) is 4.99 Å². The zero-order valence-electron chi connectivity index (χ0n) is 7.71. The number of nitrogens with zero attached hydrogens (tertiary/aromatic N) is 1. The molecule has 0 bridgehead atoms. The normalized spacial score (nSPS) is 39.0. The quantitative estimate of drug-likeness (QED) is 0.581. The van der Waals surface area contributed by atoms with Gasteiger partial charge < -0.3 is 10.5 Å². The molecule has 2 aliphatic rings. The van der Waals surface area contributed by atoms with Crippen molar-refractivity contribution in [2.45, 2.75) is 26.3 Å². The molecular weight excluding hydrogens is 152 g/mol. The van der Waals surface area contributed by atoms with Crippen molar-refractivity contribution in [2.24, 2.45) is 22.1 Å². The zero-order chi connectivity index (χ0) is 8.77. The number of nitrogens with two attached hydrogens (primary N) is 1. The fourth-order valence-corrected chi connectivity index (χ4v) is 2.22. The van der Waals surface area contributed by atoms with Crippen LogP contribution in [0.1, 0.15) is 20.3 Å². The molecule has 2 N–H and O–H groups in total. The van der Waals surface area contributed by atoms with Crippen molar-refractivity contribution in [1.82, 2.24) is 0 Å². The van der Waals surface area contributed by atoms with Gasteiger partial charge in [-0.15, -0.1) is 0 Å². The van der Waals surface area contributed by atoms with Gasteiger partial charge in [0.25, 0.3) is 0 Å². The summed E-state index contributed by atoms with van der Waals surface area (Å²) in [6, 6.07) is 0.380. The third-order valence-electron chi connectivity index (χ3n) is 3.21. The Morgan fingerprint density at radius 1 is 1.50 bits per heavy atom. The highest BCUT2D eigenvalue weighted by Crippen LogP contribution is 2.43. The molecule has 2 heterocycles. The molecule has 2 atom stereocenters. The summed E-state index contributed by atoms with van der Waals surface area (Å²) in [5, 5.41) is 0. The highest BCUT2D eigenvalue weighted by Gasteiger charge is 2.47. The van der Waals surface area contributed by atoms with Crippen LogP contribution in [0.3, 0.4) is 0 Å². The van der Waals surface area contributed by atoms with Crippen LogP contribution in [-0.4, -0.2) is 25.1 Å². The number of hydrogen-bond acceptors (Lipinski definition) is 3. The molecule has 0 aromatic carbocycles. The Morgan fingerprint density at radius 3 is 2.67 bits per heavy atom. The van der Waals surface area contributed by atoms with Gasteiger partial charge in [-0.05, 0) is 13.3 Å². The molecule has 0 saturated carbocycles. The van der Waals surface area contributed by atoms with Crippen molar-refractivity contribution in [3.8, 4) is 0 Å². The molecular formula is C9H16N2O. The van der Waals surface area contributed by atoms with Crippen molar-refractivity contribution in [3.05, 3.63) is 0 Å². The summed E-state index contributed by atoms with van der Waals surface area (Å²) < 4.78 is 5.27. The van der Waals surface area contributed by atoms with Crippen LogP contribution < -0.4 is 5.73 Å². The molecule has 1 spiro atoms. The van der Waals surface area contributed by atoms with E-state index in [2.05, 4.69) is 18.8 Å². The van der Waals surface area contributed by atoms with Gasteiger partial charge in [0.2, 0.25) is 0 Å². The van der Waals surface area contributed by atoms with Gasteiger partial charge >= 0.3 is 0 Å². The average Bonchev–Trinajstić information content (AvgIpc) is 1.93. The Hall–Kier alpha value is -0.570. The fraction of sp³-hybridized carbons (Fsp3) is 0.889. The second kappa shape index (κ2) is 2.46. The second-order valence-corrected chi connectivity index (χ2v) is 4.18. The maximum absolute atomic E-state index is 5.85. The molecule has 0 aliphatic carbocycles. The van der Waals surface area contributed by atoms with Crippen LogP contribution in [0.5, 0.6) is 0 Å². The molecule has 1 unspecified atom stereocenters. The molecule has 0 radical (unpaired) electrons. The Morgan fingerprint density at radius 2 is 2.17 bits per heavy atom. The summed E-state index contributed by atoms with van der Waals surface area (Å²) in [5.41, 5.74) is 6.17. The summed E-state index contributed by atoms with van der Waals surface area (Å²) in [4.78, 5) is 4.38. The smallest absolute Gasteiger partial charge is 0.0976 e. The van der Waals surface area contributed by atoms with E-state index in [0.29, 0.717) is 17.4 Å². The van der Waals surface area contributed by atoms with Crippen LogP contribution in [0.25, 0.3) is 0 Å². The van der Waals surface area contributed by atoms with E-state index >= 15 is 0 Å². The molecule has 2 rings (SSSR count). The summed E-state index contributed by atoms with van der Waals surface area (Å²) in [5.74, 6) is 1.22. The van der Waals surface area contributed by atoms with Gasteiger partial charge in [0, 0.05) is 17.4 Å². The van der Waals surface area contributed by atoms with Crippen LogP contribution in [0.4, 0.5) is 0 Å². The molecule has 3 heteroatoms. The molecule has 0 aromatic rings. The van der Waals surface area contributed by atoms with Crippen LogP contribution in [0, 0.1) is 11.3 Å². The van der Waals surface area contributed by atoms with Crippen molar-refractivity contribution in [2.75, 3.05) is 13.2 Å². The molecule has 2 aliphatic heterocycles. The highest BCUT2D eigenvalue weighted by atomic mass is 16.5. The lowest BCUT2D eigenvalue weighted by molar-refractivity contribution is -0.138. The van der Waals surface area contributed by atoms with E-state index in [9.17, 15) is 0 Å². The van der Waals surface area contributed by atoms with Gasteiger partial charge in [-0.3, -0.25) is 4.99 Å². The van der Waals surface area contributed by atoms with Crippen LogP contribution in [0.2, 0.25) is 0 Å². The second-order valence-electron chi connectivity index (χ2n) is 4.18. The minimum absolute atomic E-state index is 0.325. The Labute approximate surface area is 73.0 Å². The zero-order valence-corrected chi connectivity index (χ0v) is 7.71. The fourth-order valence-electron chi connectivity index (χ4n) is 2.22. The van der Waals surface area contributed by atoms with Crippen molar-refractivity contribution >= 4 is 5.84 Å². The maximum atomic E-state index is 5.85. The minimum atomic E-state index is 0.325. The number of aliphatic imine (C=N–C) groups is 1. The highest BCUT2D eigenvalue weighted by molar-refractivity contribution is 5.84. The van der Waals surface area contributed by atoms with E-state index in [1.54, 1.807) is 0 Å². The van der Waals surface area contributed by atoms with Gasteiger partial charge in [-0.2, -0.15) is 0 Å². The third-order valence-corrected chi connectivity index (χ3v) is 3.21. The van der Waals surface area contributed by atoms with Crippen LogP contribution in [-0.2, 0) is 4.74 Å². The lowest BCUT2D eigenvalue weighted by atomic mass is 9.68. The monoisotopic (exact) mass is 168 g/mol. The lowest BCUT2D eigenvalue weighted by Gasteiger charge is -2.49. The van der Waals surface area contributed by atoms with E-state index in [1.165, 1.54) is 0 Å². The number of amidine groups is 1. The molecule has 0 amide bonds. The van der Waals surface area contributed by atoms with E-state index in [0.717, 1.165) is 25.5 Å². The first-order chi connectivity index (χ1) is 5.64. The van der Waals surface area contributed by atoms with E-state index < -0.39 is 0 Å². The molecule has 68 valence electrons. The van der Waals surface area contributed by atoms with Gasteiger partial charge in [0.15, 0.2) is 0 Å². The van der Waals surface area contributed by atoms with Gasteiger partial charge in [-0.1, -0.05) is 6.92 Å². The molecule has 1 fully saturated rings. The first-order valence-corrected chi connectivity index (χ1v) is 4.55. The maximum Gasteiger partial charge on any atom is 0.0976 e. The number of rotatable bonds is 0. The van der Waals surface area contributed by atoms with Gasteiger partial charge in [-0.25, -0.2) is 0 Å². The van der Waals surface area contributed by atoms with Crippen molar-refractivity contribution in [1.29, 1.82) is 0 Å². The standard InChI is InChI=1S/C9H16N2O/c1-6-3-9(4-12-5-9)7(2)8(10)11-6/h6-7H,3-5H2,1-2H3,(H2,10,11)/t6-,7?/m0/s1. The number of hydrogen-bond donors (Lipinski definition) is 1. The summed E-state index contributed by atoms with van der Waals surface area (Å²) in [6.07, 6.45) is 1.13. The summed E-state index contributed by atoms with van der Waals surface area (Å²) in [6.45, 7) is 6.02. The first-order valence-electron chi connectivity index (χ1n) is 4.55. The Bertz CT molecular complexity index is 221. The third kappa shape index (κ3) is 0.959. The van der Waals surface area contributed by atoms with E-state index in [4.69, 9.17) is 10.5 Å². The largest absolute Gasteiger partial charge is 0.387 e. The van der Waals surface area contributed by atoms with Crippen LogP contribution >= 0.6 is 0 Å². The summed E-state index contributed by atoms with van der Waals surface area (Å²) in [7, 11) is 0. The molecule has 12 heavy (non-hydrogen) atoms. The minimum Gasteiger partial charge on any atom is -0.387 e. The van der Waals surface area contributed by atoms with Gasteiger partial charge in [0.1, 0.15) is 0 Å². The predicted octanol–water partition coefficient (Wildman–Crippen LogP) is 0.788. The topological polar surface area (TPSA) is 47.6 Å². The first kappa shape index (κ1) is 8.05. The van der Waals surface area contributed by atoms with Crippen molar-refractivity contribution in [3.63, 3.8) is 0 Å². The average molecular weight is 168 g/mol. The molecule has 0 aromatic heterocycles. The summed E-state index contributed by atoms with van der Waals surface area (Å²) >= 11 is 0. The van der Waals surface area contributed by atoms with Crippen molar-refractivity contribution < 1.29 is 4.74 Å². The Kier molecular flexibility index (Phi) is 1.65.